The summed E-state index contributed by atoms with van der Waals surface area (Å²) in [5.74, 6) is 0.333. The fourth-order valence-electron chi connectivity index (χ4n) is 2.60. The molecule has 2 unspecified atom stereocenters. The highest BCUT2D eigenvalue weighted by molar-refractivity contribution is 5.90. The van der Waals surface area contributed by atoms with Crippen molar-refractivity contribution in [2.24, 2.45) is 11.7 Å². The van der Waals surface area contributed by atoms with Crippen LogP contribution in [0.25, 0.3) is 0 Å². The first-order valence-electron chi connectivity index (χ1n) is 6.00. The van der Waals surface area contributed by atoms with Gasteiger partial charge in [-0.3, -0.25) is 9.59 Å². The van der Waals surface area contributed by atoms with Crippen molar-refractivity contribution in [3.8, 4) is 0 Å². The number of rotatable bonds is 3. The Bertz CT molecular complexity index is 293. The zero-order valence-corrected chi connectivity index (χ0v) is 9.37. The lowest BCUT2D eigenvalue weighted by atomic mass is 10.0. The van der Waals surface area contributed by atoms with Crippen molar-refractivity contribution in [1.82, 2.24) is 10.6 Å². The van der Waals surface area contributed by atoms with Crippen LogP contribution in [0.2, 0.25) is 0 Å². The molecule has 1 aliphatic carbocycles. The molecule has 5 heteroatoms. The molecule has 0 aromatic rings. The predicted octanol–water partition coefficient (Wildman–Crippen LogP) is -0.491. The number of nitrogens with one attached hydrogen (secondary N) is 2. The molecule has 0 radical (unpaired) electrons. The van der Waals surface area contributed by atoms with Gasteiger partial charge in [-0.1, -0.05) is 6.42 Å². The highest BCUT2D eigenvalue weighted by Gasteiger charge is 2.32. The first kappa shape index (κ1) is 11.4. The maximum atomic E-state index is 11.8. The normalized spacial score (nSPS) is 33.8. The zero-order valence-electron chi connectivity index (χ0n) is 9.37. The quantitative estimate of drug-likeness (QED) is 0.606. The van der Waals surface area contributed by atoms with Crippen LogP contribution in [0.4, 0.5) is 0 Å². The van der Waals surface area contributed by atoms with E-state index in [0.717, 1.165) is 19.3 Å². The van der Waals surface area contributed by atoms with Crippen molar-refractivity contribution >= 4 is 11.8 Å². The number of carbonyl (C=O) groups excluding carboxylic acids is 2. The summed E-state index contributed by atoms with van der Waals surface area (Å²) in [5.41, 5.74) is 5.65. The van der Waals surface area contributed by atoms with Gasteiger partial charge < -0.3 is 16.4 Å². The zero-order chi connectivity index (χ0) is 11.5. The van der Waals surface area contributed by atoms with E-state index < -0.39 is 0 Å². The Kier molecular flexibility index (Phi) is 3.43. The van der Waals surface area contributed by atoms with Crippen LogP contribution in [-0.4, -0.2) is 30.4 Å². The summed E-state index contributed by atoms with van der Waals surface area (Å²) in [4.78, 5) is 22.8. The van der Waals surface area contributed by atoms with Crippen LogP contribution < -0.4 is 16.4 Å². The van der Waals surface area contributed by atoms with Crippen LogP contribution >= 0.6 is 0 Å². The Morgan fingerprint density at radius 1 is 1.44 bits per heavy atom. The Labute approximate surface area is 95.1 Å². The molecule has 1 saturated carbocycles. The molecular formula is C11H19N3O2. The molecule has 2 aliphatic rings. The first-order chi connectivity index (χ1) is 7.70. The summed E-state index contributed by atoms with van der Waals surface area (Å²) in [6.45, 7) is 0.627. The third kappa shape index (κ3) is 2.35. The van der Waals surface area contributed by atoms with Gasteiger partial charge in [0.15, 0.2) is 0 Å². The standard InChI is InChI=1S/C11H19N3O2/c12-6-7-2-1-3-8(7)14-11(16)9-4-5-10(15)13-9/h7-9H,1-6,12H2,(H,13,15)(H,14,16)/t7?,8?,9-/m0/s1. The van der Waals surface area contributed by atoms with Gasteiger partial charge in [0, 0.05) is 12.5 Å². The van der Waals surface area contributed by atoms with E-state index in [1.54, 1.807) is 0 Å². The summed E-state index contributed by atoms with van der Waals surface area (Å²) in [6, 6.07) is -0.124. The van der Waals surface area contributed by atoms with Gasteiger partial charge in [-0.05, 0) is 31.7 Å². The van der Waals surface area contributed by atoms with Gasteiger partial charge >= 0.3 is 0 Å². The van der Waals surface area contributed by atoms with Crippen molar-refractivity contribution in [3.05, 3.63) is 0 Å². The molecule has 1 aliphatic heterocycles. The second-order valence-electron chi connectivity index (χ2n) is 4.70. The van der Waals surface area contributed by atoms with Crippen LogP contribution in [0.1, 0.15) is 32.1 Å². The van der Waals surface area contributed by atoms with Gasteiger partial charge in [-0.2, -0.15) is 0 Å². The van der Waals surface area contributed by atoms with Crippen LogP contribution in [0.5, 0.6) is 0 Å². The molecule has 0 bridgehead atoms. The van der Waals surface area contributed by atoms with E-state index in [9.17, 15) is 9.59 Å². The highest BCUT2D eigenvalue weighted by Crippen LogP contribution is 2.24. The molecule has 2 amide bonds. The highest BCUT2D eigenvalue weighted by atomic mass is 16.2. The summed E-state index contributed by atoms with van der Waals surface area (Å²) in [7, 11) is 0. The third-order valence-corrected chi connectivity index (χ3v) is 3.60. The minimum Gasteiger partial charge on any atom is -0.351 e. The van der Waals surface area contributed by atoms with Gasteiger partial charge in [-0.15, -0.1) is 0 Å². The molecule has 0 aromatic carbocycles. The number of carbonyl (C=O) groups is 2. The van der Waals surface area contributed by atoms with Crippen molar-refractivity contribution in [1.29, 1.82) is 0 Å². The van der Waals surface area contributed by atoms with E-state index in [1.807, 2.05) is 0 Å². The molecule has 4 N–H and O–H groups in total. The average molecular weight is 225 g/mol. The summed E-state index contributed by atoms with van der Waals surface area (Å²) >= 11 is 0. The molecule has 90 valence electrons. The summed E-state index contributed by atoms with van der Waals surface area (Å²) in [5, 5.41) is 5.69. The summed E-state index contributed by atoms with van der Waals surface area (Å²) < 4.78 is 0. The third-order valence-electron chi connectivity index (χ3n) is 3.60. The maximum Gasteiger partial charge on any atom is 0.242 e. The van der Waals surface area contributed by atoms with Crippen molar-refractivity contribution < 1.29 is 9.59 Å². The number of hydrogen-bond acceptors (Lipinski definition) is 3. The van der Waals surface area contributed by atoms with Crippen molar-refractivity contribution in [3.63, 3.8) is 0 Å². The van der Waals surface area contributed by atoms with Crippen LogP contribution in [0.15, 0.2) is 0 Å². The molecular weight excluding hydrogens is 206 g/mol. The van der Waals surface area contributed by atoms with Gasteiger partial charge in [0.2, 0.25) is 11.8 Å². The number of amides is 2. The van der Waals surface area contributed by atoms with Crippen LogP contribution in [-0.2, 0) is 9.59 Å². The minimum atomic E-state index is -0.327. The van der Waals surface area contributed by atoms with Gasteiger partial charge in [0.1, 0.15) is 6.04 Å². The molecule has 0 aromatic heterocycles. The Hall–Kier alpha value is -1.10. The van der Waals surface area contributed by atoms with Gasteiger partial charge in [-0.25, -0.2) is 0 Å². The Balaban J connectivity index is 1.84. The van der Waals surface area contributed by atoms with Crippen LogP contribution in [0.3, 0.4) is 0 Å². The van der Waals surface area contributed by atoms with E-state index in [0.29, 0.717) is 25.3 Å². The summed E-state index contributed by atoms with van der Waals surface area (Å²) in [6.07, 6.45) is 4.31. The lowest BCUT2D eigenvalue weighted by Crippen LogP contribution is -2.48. The lowest BCUT2D eigenvalue weighted by molar-refractivity contribution is -0.126. The second-order valence-corrected chi connectivity index (χ2v) is 4.70. The fourth-order valence-corrected chi connectivity index (χ4v) is 2.60. The second kappa shape index (κ2) is 4.82. The first-order valence-corrected chi connectivity index (χ1v) is 6.00. The smallest absolute Gasteiger partial charge is 0.242 e. The monoisotopic (exact) mass is 225 g/mol. The van der Waals surface area contributed by atoms with Gasteiger partial charge in [0.05, 0.1) is 0 Å². The topological polar surface area (TPSA) is 84.2 Å². The molecule has 16 heavy (non-hydrogen) atoms. The van der Waals surface area contributed by atoms with E-state index in [-0.39, 0.29) is 23.9 Å². The molecule has 0 spiro atoms. The molecule has 1 heterocycles. The predicted molar refractivity (Wildman–Crippen MR) is 59.5 cm³/mol. The SMILES string of the molecule is NCC1CCCC1NC(=O)[C@@H]1CCC(=O)N1. The van der Waals surface area contributed by atoms with Crippen LogP contribution in [0, 0.1) is 5.92 Å². The molecule has 3 atom stereocenters. The molecule has 1 saturated heterocycles. The van der Waals surface area contributed by atoms with E-state index in [4.69, 9.17) is 5.73 Å². The fraction of sp³-hybridized carbons (Fsp3) is 0.818. The van der Waals surface area contributed by atoms with Gasteiger partial charge in [0.25, 0.3) is 0 Å². The average Bonchev–Trinajstić information content (AvgIpc) is 2.86. The van der Waals surface area contributed by atoms with E-state index >= 15 is 0 Å². The molecule has 2 rings (SSSR count). The Morgan fingerprint density at radius 2 is 2.25 bits per heavy atom. The van der Waals surface area contributed by atoms with Crippen molar-refractivity contribution in [2.45, 2.75) is 44.2 Å². The van der Waals surface area contributed by atoms with Crippen molar-refractivity contribution in [2.75, 3.05) is 6.54 Å². The molecule has 2 fully saturated rings. The van der Waals surface area contributed by atoms with E-state index in [2.05, 4.69) is 10.6 Å². The Morgan fingerprint density at radius 3 is 2.88 bits per heavy atom. The number of nitrogens with two attached hydrogens (primary N) is 1. The lowest BCUT2D eigenvalue weighted by Gasteiger charge is -2.21. The number of hydrogen-bond donors (Lipinski definition) is 3. The largest absolute Gasteiger partial charge is 0.351 e. The minimum absolute atomic E-state index is 0.0260. The maximum absolute atomic E-state index is 11.8. The molecule has 5 nitrogen and oxygen atoms in total. The van der Waals surface area contributed by atoms with E-state index in [1.165, 1.54) is 0 Å².